The number of carbonyl (C=O) groups excluding carboxylic acids is 2. The van der Waals surface area contributed by atoms with Gasteiger partial charge in [-0.1, -0.05) is 42.1 Å². The molecule has 1 aromatic carbocycles. The Morgan fingerprint density at radius 2 is 1.97 bits per heavy atom. The maximum absolute atomic E-state index is 12.8. The highest BCUT2D eigenvalue weighted by molar-refractivity contribution is 8.04. The van der Waals surface area contributed by atoms with Crippen LogP contribution < -0.4 is 10.7 Å². The highest BCUT2D eigenvalue weighted by atomic mass is 32.2. The van der Waals surface area contributed by atoms with Gasteiger partial charge in [-0.05, 0) is 22.6 Å². The van der Waals surface area contributed by atoms with Gasteiger partial charge in [0.2, 0.25) is 11.3 Å². The van der Waals surface area contributed by atoms with Crippen molar-refractivity contribution in [1.29, 1.82) is 0 Å². The number of amides is 2. The van der Waals surface area contributed by atoms with Crippen molar-refractivity contribution in [2.45, 2.75) is 22.0 Å². The number of rotatable bonds is 7. The minimum atomic E-state index is -1.21. The van der Waals surface area contributed by atoms with Gasteiger partial charge in [0.15, 0.2) is 0 Å². The topological polar surface area (TPSA) is 130 Å². The maximum Gasteiger partial charge on any atom is 0.352 e. The summed E-state index contributed by atoms with van der Waals surface area (Å²) in [7, 11) is 0. The minimum Gasteiger partial charge on any atom is -0.477 e. The molecule has 1 unspecified atom stereocenters. The summed E-state index contributed by atoms with van der Waals surface area (Å²) in [4.78, 5) is 59.5. The molecule has 2 aromatic heterocycles. The van der Waals surface area contributed by atoms with Gasteiger partial charge in [0.25, 0.3) is 5.91 Å². The van der Waals surface area contributed by atoms with E-state index in [0.717, 1.165) is 5.56 Å². The first-order chi connectivity index (χ1) is 17.4. The molecule has 3 aromatic rings. The number of aliphatic carboxylic acids is 1. The fourth-order valence-corrected chi connectivity index (χ4v) is 7.06. The molecule has 0 aliphatic carbocycles. The third-order valence-corrected chi connectivity index (χ3v) is 8.80. The van der Waals surface area contributed by atoms with Crippen LogP contribution in [0, 0.1) is 0 Å². The van der Waals surface area contributed by atoms with E-state index in [1.165, 1.54) is 58.2 Å². The van der Waals surface area contributed by atoms with Gasteiger partial charge in [0, 0.05) is 24.2 Å². The van der Waals surface area contributed by atoms with Crippen LogP contribution in [0.5, 0.6) is 0 Å². The third-order valence-electron chi connectivity index (χ3n) is 5.52. The summed E-state index contributed by atoms with van der Waals surface area (Å²) in [5.41, 5.74) is 1.29. The van der Waals surface area contributed by atoms with E-state index in [1.807, 2.05) is 30.3 Å². The lowest BCUT2D eigenvalue weighted by Crippen LogP contribution is -2.70. The lowest BCUT2D eigenvalue weighted by atomic mass is 10.0. The minimum absolute atomic E-state index is 0.0910. The normalized spacial score (nSPS) is 19.3. The van der Waals surface area contributed by atoms with Crippen LogP contribution in [0.15, 0.2) is 80.5 Å². The first kappa shape index (κ1) is 24.2. The Morgan fingerprint density at radius 3 is 2.75 bits per heavy atom. The molecule has 1 saturated heterocycles. The van der Waals surface area contributed by atoms with Crippen molar-refractivity contribution < 1.29 is 19.5 Å². The zero-order valence-corrected chi connectivity index (χ0v) is 20.9. The van der Waals surface area contributed by atoms with Gasteiger partial charge in [0.1, 0.15) is 27.5 Å². The molecule has 0 radical (unpaired) electrons. The summed E-state index contributed by atoms with van der Waals surface area (Å²) < 4.78 is 0.685. The third kappa shape index (κ3) is 4.79. The molecule has 182 valence electrons. The smallest absolute Gasteiger partial charge is 0.352 e. The van der Waals surface area contributed by atoms with Crippen molar-refractivity contribution in [3.05, 3.63) is 87.3 Å². The molecule has 2 amide bonds. The van der Waals surface area contributed by atoms with E-state index in [0.29, 0.717) is 25.9 Å². The first-order valence-corrected chi connectivity index (χ1v) is 13.5. The number of β-lactam (4-membered cyclic amide) rings is 1. The lowest BCUT2D eigenvalue weighted by molar-refractivity contribution is -0.150. The number of benzene rings is 1. The van der Waals surface area contributed by atoms with Crippen LogP contribution in [0.2, 0.25) is 0 Å². The van der Waals surface area contributed by atoms with Gasteiger partial charge in [0.05, 0.1) is 10.6 Å². The number of thioether (sulfide) groups is 2. The zero-order valence-electron chi connectivity index (χ0n) is 18.5. The van der Waals surface area contributed by atoms with E-state index < -0.39 is 23.3 Å². The van der Waals surface area contributed by atoms with Crippen LogP contribution in [0.25, 0.3) is 10.3 Å². The molecule has 5 rings (SSSR count). The molecule has 2 N–H and O–H groups in total. The summed E-state index contributed by atoms with van der Waals surface area (Å²) in [6.45, 7) is 0. The van der Waals surface area contributed by atoms with E-state index >= 15 is 0 Å². The average molecular weight is 539 g/mol. The van der Waals surface area contributed by atoms with Gasteiger partial charge in [-0.3, -0.25) is 19.3 Å². The van der Waals surface area contributed by atoms with E-state index in [-0.39, 0.29) is 23.5 Å². The van der Waals surface area contributed by atoms with Gasteiger partial charge >= 0.3 is 5.97 Å². The Balaban J connectivity index is 1.29. The predicted octanol–water partition coefficient (Wildman–Crippen LogP) is 2.64. The van der Waals surface area contributed by atoms with E-state index in [1.54, 1.807) is 11.5 Å². The molecular formula is C24H18N4O5S3. The molecule has 0 saturated carbocycles. The monoisotopic (exact) mass is 538 g/mol. The van der Waals surface area contributed by atoms with Crippen LogP contribution >= 0.6 is 34.9 Å². The second kappa shape index (κ2) is 10.2. The summed E-state index contributed by atoms with van der Waals surface area (Å²) in [5.74, 6) is -1.59. The molecule has 1 fully saturated rings. The van der Waals surface area contributed by atoms with Crippen LogP contribution in [-0.2, 0) is 20.8 Å². The van der Waals surface area contributed by atoms with Crippen LogP contribution in [0.1, 0.15) is 5.56 Å². The first-order valence-electron chi connectivity index (χ1n) is 10.7. The predicted molar refractivity (Wildman–Crippen MR) is 139 cm³/mol. The van der Waals surface area contributed by atoms with Gasteiger partial charge in [-0.2, -0.15) is 0 Å². The highest BCUT2D eigenvalue weighted by Crippen LogP contribution is 2.41. The number of carboxylic acid groups (broad SMARTS) is 1. The molecule has 2 aliphatic heterocycles. The van der Waals surface area contributed by atoms with Crippen molar-refractivity contribution >= 4 is 63.0 Å². The van der Waals surface area contributed by atoms with Gasteiger partial charge in [-0.25, -0.2) is 14.8 Å². The van der Waals surface area contributed by atoms with Gasteiger partial charge in [-0.15, -0.1) is 23.1 Å². The Morgan fingerprint density at radius 1 is 1.19 bits per heavy atom. The molecule has 4 heterocycles. The molecule has 12 heteroatoms. The lowest BCUT2D eigenvalue weighted by Gasteiger charge is -2.49. The van der Waals surface area contributed by atoms with Crippen LogP contribution in [-0.4, -0.2) is 54.9 Å². The quantitative estimate of drug-likeness (QED) is 0.344. The summed E-state index contributed by atoms with van der Waals surface area (Å²) in [5, 5.41) is 13.8. The summed E-state index contributed by atoms with van der Waals surface area (Å²) in [6, 6.07) is 9.89. The van der Waals surface area contributed by atoms with E-state index in [4.69, 9.17) is 0 Å². The Labute approximate surface area is 217 Å². The Kier molecular flexibility index (Phi) is 6.90. The fraction of sp³-hybridized carbons (Fsp3) is 0.167. The molecule has 36 heavy (non-hydrogen) atoms. The largest absolute Gasteiger partial charge is 0.477 e. The van der Waals surface area contributed by atoms with E-state index in [9.17, 15) is 24.3 Å². The number of nitrogens with zero attached hydrogens (tertiary/aromatic N) is 3. The zero-order chi connectivity index (χ0) is 25.2. The molecule has 2 atom stereocenters. The van der Waals surface area contributed by atoms with Crippen molar-refractivity contribution in [3.63, 3.8) is 0 Å². The summed E-state index contributed by atoms with van der Waals surface area (Å²) in [6.07, 6.45) is 4.77. The number of aromatic nitrogens is 2. The highest BCUT2D eigenvalue weighted by Gasteiger charge is 2.53. The van der Waals surface area contributed by atoms with E-state index in [2.05, 4.69) is 15.3 Å². The number of nitrogens with one attached hydrogen (secondary N) is 1. The maximum atomic E-state index is 12.8. The van der Waals surface area contributed by atoms with Crippen molar-refractivity contribution in [3.8, 4) is 0 Å². The number of fused-ring (bicyclic) bond motifs is 2. The molecule has 2 aliphatic rings. The molecule has 0 spiro atoms. The molecule has 0 bridgehead atoms. The molecular weight excluding hydrogens is 520 g/mol. The second-order valence-electron chi connectivity index (χ2n) is 7.86. The summed E-state index contributed by atoms with van der Waals surface area (Å²) >= 11 is 3.97. The second-order valence-corrected chi connectivity index (χ2v) is 11.2. The van der Waals surface area contributed by atoms with Crippen LogP contribution in [0.3, 0.4) is 0 Å². The van der Waals surface area contributed by atoms with Gasteiger partial charge < -0.3 is 10.4 Å². The number of hydrogen-bond acceptors (Lipinski definition) is 9. The van der Waals surface area contributed by atoms with Crippen LogP contribution in [0.4, 0.5) is 0 Å². The number of allylic oxidation sites excluding steroid dienone is 1. The standard InChI is InChI=1S/C24H18N4O5S3/c29-15-11-17(36-21-18(15)25-7-8-26-21)34-9-6-14-12-35-23-19(22(31)28(23)20(14)24(32)33)27-16(30)10-13-4-2-1-3-5-13/h1-9,11,19,23H,10,12H2,(H,27,30)(H,32,33)/t19?,23-/m0/s1. The van der Waals surface area contributed by atoms with Crippen molar-refractivity contribution in [2.75, 3.05) is 5.75 Å². The Bertz CT molecular complexity index is 1490. The average Bonchev–Trinajstić information content (AvgIpc) is 2.87. The Hall–Kier alpha value is -3.48. The fourth-order valence-electron chi connectivity index (χ4n) is 3.89. The number of carboxylic acids is 1. The van der Waals surface area contributed by atoms with Crippen molar-refractivity contribution in [1.82, 2.24) is 20.2 Å². The van der Waals surface area contributed by atoms with Crippen molar-refractivity contribution in [2.24, 2.45) is 0 Å². The SMILES string of the molecule is O=C(Cc1ccccc1)NC1C(=O)N2C(C(=O)O)=C(C=CSc3cc(=O)c4nccnc4s3)CS[C@@H]12. The number of hydrogen-bond donors (Lipinski definition) is 2. The molecule has 9 nitrogen and oxygen atoms in total. The number of carbonyl (C=O) groups is 3.